The van der Waals surface area contributed by atoms with Crippen molar-refractivity contribution in [2.45, 2.75) is 32.6 Å². The average molecular weight is 348 g/mol. The molecule has 2 N–H and O–H groups in total. The number of aliphatic carboxylic acids is 1. The van der Waals surface area contributed by atoms with E-state index in [2.05, 4.69) is 27.3 Å². The fraction of sp³-hybridized carbons (Fsp3) is 0.538. The maximum atomic E-state index is 11.6. The summed E-state index contributed by atoms with van der Waals surface area (Å²) in [6, 6.07) is 4.06. The van der Waals surface area contributed by atoms with Crippen molar-refractivity contribution in [3.63, 3.8) is 0 Å². The Kier molecular flexibility index (Phi) is 7.09. The number of hydrogen-bond donors (Lipinski definition) is 2. The zero-order valence-electron chi connectivity index (χ0n) is 10.8. The minimum Gasteiger partial charge on any atom is -0.481 e. The Morgan fingerprint density at radius 2 is 2.21 bits per heavy atom. The first kappa shape index (κ1) is 16.2. The van der Waals surface area contributed by atoms with Crippen LogP contribution < -0.4 is 5.32 Å². The number of amides is 1. The van der Waals surface area contributed by atoms with Crippen LogP contribution in [0.3, 0.4) is 0 Å². The van der Waals surface area contributed by atoms with E-state index < -0.39 is 5.97 Å². The van der Waals surface area contributed by atoms with Crippen molar-refractivity contribution >= 4 is 39.1 Å². The van der Waals surface area contributed by atoms with Crippen LogP contribution in [0.1, 0.15) is 31.1 Å². The number of thiophene rings is 1. The van der Waals surface area contributed by atoms with Crippen molar-refractivity contribution in [2.75, 3.05) is 6.54 Å². The Labute approximate surface area is 125 Å². The van der Waals surface area contributed by atoms with Gasteiger partial charge >= 0.3 is 5.97 Å². The zero-order chi connectivity index (χ0) is 14.3. The Morgan fingerprint density at radius 1 is 1.47 bits per heavy atom. The molecule has 0 saturated carbocycles. The van der Waals surface area contributed by atoms with Crippen LogP contribution in [0.25, 0.3) is 0 Å². The van der Waals surface area contributed by atoms with Crippen LogP contribution in [0.5, 0.6) is 0 Å². The van der Waals surface area contributed by atoms with Crippen LogP contribution in [0.15, 0.2) is 15.9 Å². The van der Waals surface area contributed by atoms with Crippen molar-refractivity contribution < 1.29 is 14.7 Å². The SMILES string of the molecule is CC(CNC(=O)CCCc1ccc(Br)s1)CC(=O)O. The molecule has 1 amide bonds. The standard InChI is InChI=1S/C13H18BrNO3S/c1-9(7-13(17)18)8-15-12(16)4-2-3-10-5-6-11(14)19-10/h5-6,9H,2-4,7-8H2,1H3,(H,15,16)(H,17,18). The molecule has 0 fully saturated rings. The summed E-state index contributed by atoms with van der Waals surface area (Å²) in [5.41, 5.74) is 0. The van der Waals surface area contributed by atoms with E-state index in [1.165, 1.54) is 4.88 Å². The Bertz CT molecular complexity index is 433. The van der Waals surface area contributed by atoms with Crippen molar-refractivity contribution in [3.05, 3.63) is 20.8 Å². The summed E-state index contributed by atoms with van der Waals surface area (Å²) in [7, 11) is 0. The normalized spacial score (nSPS) is 12.1. The molecule has 4 nitrogen and oxygen atoms in total. The molecule has 1 heterocycles. The molecule has 1 rings (SSSR count). The monoisotopic (exact) mass is 347 g/mol. The van der Waals surface area contributed by atoms with Gasteiger partial charge in [-0.15, -0.1) is 11.3 Å². The summed E-state index contributed by atoms with van der Waals surface area (Å²) in [6.45, 7) is 2.24. The number of halogens is 1. The van der Waals surface area contributed by atoms with E-state index in [0.29, 0.717) is 13.0 Å². The minimum absolute atomic E-state index is 0.00661. The predicted molar refractivity (Wildman–Crippen MR) is 79.4 cm³/mol. The van der Waals surface area contributed by atoms with E-state index in [-0.39, 0.29) is 18.2 Å². The van der Waals surface area contributed by atoms with E-state index >= 15 is 0 Å². The fourth-order valence-electron chi connectivity index (χ4n) is 1.66. The topological polar surface area (TPSA) is 66.4 Å². The summed E-state index contributed by atoms with van der Waals surface area (Å²) in [6.07, 6.45) is 2.28. The van der Waals surface area contributed by atoms with Gasteiger partial charge in [-0.3, -0.25) is 9.59 Å². The van der Waals surface area contributed by atoms with Crippen molar-refractivity contribution in [2.24, 2.45) is 5.92 Å². The summed E-state index contributed by atoms with van der Waals surface area (Å²) in [5.74, 6) is -0.868. The fourth-order valence-corrected chi connectivity index (χ4v) is 3.18. The van der Waals surface area contributed by atoms with Gasteiger partial charge in [-0.1, -0.05) is 6.92 Å². The molecule has 1 aromatic rings. The molecule has 6 heteroatoms. The third kappa shape index (κ3) is 7.32. The quantitative estimate of drug-likeness (QED) is 0.759. The number of aryl methyl sites for hydroxylation is 1. The smallest absolute Gasteiger partial charge is 0.303 e. The van der Waals surface area contributed by atoms with Gasteiger partial charge in [0.2, 0.25) is 5.91 Å². The lowest BCUT2D eigenvalue weighted by atomic mass is 10.1. The van der Waals surface area contributed by atoms with E-state index in [0.717, 1.165) is 16.6 Å². The Balaban J connectivity index is 2.12. The molecule has 0 saturated heterocycles. The Morgan fingerprint density at radius 3 is 2.79 bits per heavy atom. The first-order valence-corrected chi connectivity index (χ1v) is 7.81. The van der Waals surface area contributed by atoms with E-state index in [4.69, 9.17) is 5.11 Å². The van der Waals surface area contributed by atoms with Gasteiger partial charge in [0.15, 0.2) is 0 Å². The molecule has 0 aromatic carbocycles. The lowest BCUT2D eigenvalue weighted by molar-refractivity contribution is -0.138. The summed E-state index contributed by atoms with van der Waals surface area (Å²) >= 11 is 5.09. The highest BCUT2D eigenvalue weighted by Crippen LogP contribution is 2.23. The first-order chi connectivity index (χ1) is 8.97. The average Bonchev–Trinajstić information content (AvgIpc) is 2.71. The van der Waals surface area contributed by atoms with Gasteiger partial charge in [-0.05, 0) is 46.8 Å². The molecule has 0 bridgehead atoms. The molecule has 0 aliphatic heterocycles. The molecule has 0 radical (unpaired) electrons. The van der Waals surface area contributed by atoms with Gasteiger partial charge < -0.3 is 10.4 Å². The van der Waals surface area contributed by atoms with Gasteiger partial charge in [0, 0.05) is 24.3 Å². The highest BCUT2D eigenvalue weighted by molar-refractivity contribution is 9.11. The number of rotatable bonds is 8. The third-order valence-corrected chi connectivity index (χ3v) is 4.31. The van der Waals surface area contributed by atoms with Gasteiger partial charge in [0.25, 0.3) is 0 Å². The third-order valence-electron chi connectivity index (χ3n) is 2.63. The molecule has 1 aromatic heterocycles. The number of carboxylic acids is 1. The van der Waals surface area contributed by atoms with Crippen LogP contribution in [0.2, 0.25) is 0 Å². The summed E-state index contributed by atoms with van der Waals surface area (Å²) in [5, 5.41) is 11.4. The number of carbonyl (C=O) groups excluding carboxylic acids is 1. The summed E-state index contributed by atoms with van der Waals surface area (Å²) in [4.78, 5) is 23.3. The Hall–Kier alpha value is -0.880. The minimum atomic E-state index is -0.829. The second kappa shape index (κ2) is 8.32. The summed E-state index contributed by atoms with van der Waals surface area (Å²) < 4.78 is 1.11. The first-order valence-electron chi connectivity index (χ1n) is 6.20. The van der Waals surface area contributed by atoms with Gasteiger partial charge in [0.1, 0.15) is 0 Å². The molecule has 1 atom stereocenters. The van der Waals surface area contributed by atoms with Crippen LogP contribution in [-0.2, 0) is 16.0 Å². The van der Waals surface area contributed by atoms with E-state index in [1.54, 1.807) is 11.3 Å². The molecule has 0 aliphatic rings. The number of carboxylic acid groups (broad SMARTS) is 1. The number of carbonyl (C=O) groups is 2. The molecule has 0 aliphatic carbocycles. The molecule has 19 heavy (non-hydrogen) atoms. The van der Waals surface area contributed by atoms with Crippen molar-refractivity contribution in [3.8, 4) is 0 Å². The molecule has 1 unspecified atom stereocenters. The van der Waals surface area contributed by atoms with Crippen LogP contribution in [0, 0.1) is 5.92 Å². The molecular weight excluding hydrogens is 330 g/mol. The maximum absolute atomic E-state index is 11.6. The highest BCUT2D eigenvalue weighted by Gasteiger charge is 2.09. The van der Waals surface area contributed by atoms with E-state index in [1.807, 2.05) is 13.0 Å². The predicted octanol–water partition coefficient (Wildman–Crippen LogP) is 3.06. The van der Waals surface area contributed by atoms with Crippen molar-refractivity contribution in [1.29, 1.82) is 0 Å². The van der Waals surface area contributed by atoms with Gasteiger partial charge in [-0.25, -0.2) is 0 Å². The largest absolute Gasteiger partial charge is 0.481 e. The number of nitrogens with one attached hydrogen (secondary N) is 1. The lowest BCUT2D eigenvalue weighted by Gasteiger charge is -2.10. The van der Waals surface area contributed by atoms with E-state index in [9.17, 15) is 9.59 Å². The second-order valence-corrected chi connectivity index (χ2v) is 7.11. The maximum Gasteiger partial charge on any atom is 0.303 e. The van der Waals surface area contributed by atoms with Crippen LogP contribution >= 0.6 is 27.3 Å². The molecule has 0 spiro atoms. The van der Waals surface area contributed by atoms with Crippen LogP contribution in [0.4, 0.5) is 0 Å². The van der Waals surface area contributed by atoms with Gasteiger partial charge in [0.05, 0.1) is 3.79 Å². The molecular formula is C13H18BrNO3S. The molecule has 106 valence electrons. The van der Waals surface area contributed by atoms with Crippen LogP contribution in [-0.4, -0.2) is 23.5 Å². The zero-order valence-corrected chi connectivity index (χ0v) is 13.2. The number of hydrogen-bond acceptors (Lipinski definition) is 3. The lowest BCUT2D eigenvalue weighted by Crippen LogP contribution is -2.29. The van der Waals surface area contributed by atoms with Gasteiger partial charge in [-0.2, -0.15) is 0 Å². The van der Waals surface area contributed by atoms with Crippen molar-refractivity contribution in [1.82, 2.24) is 5.32 Å². The second-order valence-electron chi connectivity index (χ2n) is 4.57. The highest BCUT2D eigenvalue weighted by atomic mass is 79.9.